The van der Waals surface area contributed by atoms with Crippen LogP contribution in [0.5, 0.6) is 0 Å². The van der Waals surface area contributed by atoms with Gasteiger partial charge < -0.3 is 10.2 Å². The molecule has 2 aromatic rings. The first-order chi connectivity index (χ1) is 13.2. The number of hydrogen-bond acceptors (Lipinski definition) is 4. The minimum absolute atomic E-state index is 0.00705. The van der Waals surface area contributed by atoms with Crippen molar-refractivity contribution in [2.75, 3.05) is 13.1 Å². The summed E-state index contributed by atoms with van der Waals surface area (Å²) < 4.78 is 0. The second kappa shape index (κ2) is 6.01. The van der Waals surface area contributed by atoms with Crippen molar-refractivity contribution in [2.45, 2.75) is 18.4 Å². The molecule has 2 aliphatic heterocycles. The third-order valence-corrected chi connectivity index (χ3v) is 6.15. The second-order valence-electron chi connectivity index (χ2n) is 7.56. The van der Waals surface area contributed by atoms with Gasteiger partial charge in [0.2, 0.25) is 0 Å². The van der Waals surface area contributed by atoms with Gasteiger partial charge in [-0.2, -0.15) is 0 Å². The fourth-order valence-electron chi connectivity index (χ4n) is 4.79. The number of aromatic nitrogens is 1. The van der Waals surface area contributed by atoms with Crippen LogP contribution in [-0.4, -0.2) is 46.2 Å². The first kappa shape index (κ1) is 16.2. The first-order valence-electron chi connectivity index (χ1n) is 9.33. The van der Waals surface area contributed by atoms with Crippen LogP contribution in [0.2, 0.25) is 0 Å². The monoisotopic (exact) mass is 360 g/mol. The number of aliphatic imine (C=N–C) groups is 1. The summed E-state index contributed by atoms with van der Waals surface area (Å²) in [6.45, 7) is 1.27. The Morgan fingerprint density at radius 2 is 1.89 bits per heavy atom. The fourth-order valence-corrected chi connectivity index (χ4v) is 4.79. The molecule has 136 valence electrons. The Hall–Kier alpha value is -3.02. The van der Waals surface area contributed by atoms with E-state index in [0.29, 0.717) is 30.4 Å². The van der Waals surface area contributed by atoms with Crippen LogP contribution in [0, 0.1) is 11.8 Å². The minimum atomic E-state index is -0.733. The van der Waals surface area contributed by atoms with Crippen LogP contribution in [-0.2, 0) is 4.79 Å². The molecule has 1 spiro atoms. The molecule has 1 aromatic heterocycles. The average Bonchev–Trinajstić information content (AvgIpc) is 3.38. The number of carbonyl (C=O) groups is 2. The first-order valence-corrected chi connectivity index (χ1v) is 9.33. The zero-order valence-electron chi connectivity index (χ0n) is 14.8. The van der Waals surface area contributed by atoms with E-state index in [-0.39, 0.29) is 17.7 Å². The standard InChI is InChI=1S/C21H20N4O2/c26-19(15-7-10-22-11-8-15)25-12-16-6-9-21(17(16)13-25)20(27)23-18(24-21)14-4-2-1-3-5-14/h1-5,7-8,10-11,16-17H,6,9,12-13H2,(H,23,24,27)/t16-,17+,21-/m0/s1. The normalized spacial score (nSPS) is 29.0. The highest BCUT2D eigenvalue weighted by Gasteiger charge is 2.59. The molecule has 3 heterocycles. The zero-order chi connectivity index (χ0) is 18.4. The van der Waals surface area contributed by atoms with Crippen LogP contribution in [0.25, 0.3) is 0 Å². The van der Waals surface area contributed by atoms with E-state index in [1.54, 1.807) is 24.5 Å². The van der Waals surface area contributed by atoms with Crippen LogP contribution >= 0.6 is 0 Å². The average molecular weight is 360 g/mol. The Morgan fingerprint density at radius 1 is 1.11 bits per heavy atom. The van der Waals surface area contributed by atoms with Gasteiger partial charge in [-0.25, -0.2) is 0 Å². The van der Waals surface area contributed by atoms with Crippen molar-refractivity contribution in [1.82, 2.24) is 15.2 Å². The van der Waals surface area contributed by atoms with Crippen molar-refractivity contribution in [3.05, 3.63) is 66.0 Å². The third kappa shape index (κ3) is 2.47. The van der Waals surface area contributed by atoms with Crippen LogP contribution < -0.4 is 5.32 Å². The van der Waals surface area contributed by atoms with Gasteiger partial charge in [0.1, 0.15) is 11.4 Å². The van der Waals surface area contributed by atoms with Gasteiger partial charge in [-0.05, 0) is 30.9 Å². The number of likely N-dealkylation sites (tertiary alicyclic amines) is 1. The molecule has 2 fully saturated rings. The molecule has 1 N–H and O–H groups in total. The number of pyridine rings is 1. The van der Waals surface area contributed by atoms with Gasteiger partial charge in [-0.3, -0.25) is 19.6 Å². The molecule has 6 nitrogen and oxygen atoms in total. The Balaban J connectivity index is 1.42. The molecule has 1 aromatic carbocycles. The van der Waals surface area contributed by atoms with Crippen molar-refractivity contribution in [2.24, 2.45) is 16.8 Å². The Bertz CT molecular complexity index is 928. The molecule has 0 bridgehead atoms. The van der Waals surface area contributed by atoms with E-state index in [0.717, 1.165) is 18.4 Å². The van der Waals surface area contributed by atoms with E-state index in [1.165, 1.54) is 0 Å². The smallest absolute Gasteiger partial charge is 0.253 e. The van der Waals surface area contributed by atoms with Crippen LogP contribution in [0.15, 0.2) is 59.9 Å². The Kier molecular flexibility index (Phi) is 3.60. The molecule has 1 saturated carbocycles. The number of hydrogen-bond donors (Lipinski definition) is 1. The van der Waals surface area contributed by atoms with Gasteiger partial charge in [0.15, 0.2) is 0 Å². The van der Waals surface area contributed by atoms with E-state index in [9.17, 15) is 9.59 Å². The molecule has 1 aliphatic carbocycles. The predicted molar refractivity (Wildman–Crippen MR) is 100 cm³/mol. The maximum atomic E-state index is 12.9. The lowest BCUT2D eigenvalue weighted by Gasteiger charge is -2.25. The lowest BCUT2D eigenvalue weighted by atomic mass is 9.85. The molecule has 1 saturated heterocycles. The van der Waals surface area contributed by atoms with E-state index in [2.05, 4.69) is 10.3 Å². The van der Waals surface area contributed by atoms with Gasteiger partial charge in [-0.15, -0.1) is 0 Å². The number of fused-ring (bicyclic) bond motifs is 2. The summed E-state index contributed by atoms with van der Waals surface area (Å²) in [6.07, 6.45) is 4.94. The molecule has 0 radical (unpaired) electrons. The largest absolute Gasteiger partial charge is 0.338 e. The highest BCUT2D eigenvalue weighted by Crippen LogP contribution is 2.49. The maximum absolute atomic E-state index is 12.9. The van der Waals surface area contributed by atoms with Gasteiger partial charge in [0, 0.05) is 42.5 Å². The summed E-state index contributed by atoms with van der Waals surface area (Å²) >= 11 is 0. The molecule has 2 amide bonds. The van der Waals surface area contributed by atoms with Crippen molar-refractivity contribution in [1.29, 1.82) is 0 Å². The summed E-state index contributed by atoms with van der Waals surface area (Å²) in [4.78, 5) is 36.5. The molecular weight excluding hydrogens is 340 g/mol. The van der Waals surface area contributed by atoms with Crippen LogP contribution in [0.4, 0.5) is 0 Å². The number of benzene rings is 1. The lowest BCUT2D eigenvalue weighted by molar-refractivity contribution is -0.124. The Labute approximate surface area is 157 Å². The van der Waals surface area contributed by atoms with E-state index in [1.807, 2.05) is 35.2 Å². The number of carbonyl (C=O) groups excluding carboxylic acids is 2. The van der Waals surface area contributed by atoms with Gasteiger partial charge >= 0.3 is 0 Å². The van der Waals surface area contributed by atoms with Crippen molar-refractivity contribution in [3.63, 3.8) is 0 Å². The van der Waals surface area contributed by atoms with E-state index < -0.39 is 5.54 Å². The summed E-state index contributed by atoms with van der Waals surface area (Å²) in [6, 6.07) is 13.2. The molecular formula is C21H20N4O2. The quantitative estimate of drug-likeness (QED) is 0.889. The fraction of sp³-hybridized carbons (Fsp3) is 0.333. The molecule has 0 unspecified atom stereocenters. The van der Waals surface area contributed by atoms with E-state index in [4.69, 9.17) is 4.99 Å². The Morgan fingerprint density at radius 3 is 2.67 bits per heavy atom. The lowest BCUT2D eigenvalue weighted by Crippen LogP contribution is -2.45. The van der Waals surface area contributed by atoms with Crippen molar-refractivity contribution >= 4 is 17.6 Å². The number of amides is 2. The molecule has 5 rings (SSSR count). The van der Waals surface area contributed by atoms with Crippen LogP contribution in [0.1, 0.15) is 28.8 Å². The zero-order valence-corrected chi connectivity index (χ0v) is 14.8. The van der Waals surface area contributed by atoms with Gasteiger partial charge in [-0.1, -0.05) is 30.3 Å². The van der Waals surface area contributed by atoms with Gasteiger partial charge in [0.05, 0.1) is 0 Å². The van der Waals surface area contributed by atoms with E-state index >= 15 is 0 Å². The van der Waals surface area contributed by atoms with Crippen LogP contribution in [0.3, 0.4) is 0 Å². The number of nitrogens with zero attached hydrogens (tertiary/aromatic N) is 3. The molecule has 6 heteroatoms. The van der Waals surface area contributed by atoms with Gasteiger partial charge in [0.25, 0.3) is 11.8 Å². The SMILES string of the molecule is O=C(c1ccncc1)N1C[C@@H]2CC[C@]3(N=C(c4ccccc4)NC3=O)[C@@H]2C1. The number of nitrogens with one attached hydrogen (secondary N) is 1. The van der Waals surface area contributed by atoms with Crippen molar-refractivity contribution in [3.8, 4) is 0 Å². The summed E-state index contributed by atoms with van der Waals surface area (Å²) in [5, 5.41) is 2.99. The number of rotatable bonds is 2. The molecule has 3 aliphatic rings. The third-order valence-electron chi connectivity index (χ3n) is 6.15. The molecule has 3 atom stereocenters. The summed E-state index contributed by atoms with van der Waals surface area (Å²) in [5.41, 5.74) is 0.834. The number of amidine groups is 1. The minimum Gasteiger partial charge on any atom is -0.338 e. The topological polar surface area (TPSA) is 74.7 Å². The highest BCUT2D eigenvalue weighted by molar-refractivity contribution is 6.15. The highest BCUT2D eigenvalue weighted by atomic mass is 16.2. The maximum Gasteiger partial charge on any atom is 0.253 e. The second-order valence-corrected chi connectivity index (χ2v) is 7.56. The predicted octanol–water partition coefficient (Wildman–Crippen LogP) is 1.88. The summed E-state index contributed by atoms with van der Waals surface area (Å²) in [5.74, 6) is 1.03. The van der Waals surface area contributed by atoms with Crippen molar-refractivity contribution < 1.29 is 9.59 Å². The summed E-state index contributed by atoms with van der Waals surface area (Å²) in [7, 11) is 0. The molecule has 27 heavy (non-hydrogen) atoms.